The van der Waals surface area contributed by atoms with Gasteiger partial charge in [-0.25, -0.2) is 0 Å². The summed E-state index contributed by atoms with van der Waals surface area (Å²) in [4.78, 5) is 18.0. The third kappa shape index (κ3) is 76.9. The van der Waals surface area contributed by atoms with E-state index >= 15 is 0 Å². The van der Waals surface area contributed by atoms with Crippen molar-refractivity contribution in [2.24, 2.45) is 0 Å². The molecule has 0 atom stereocenters. The normalized spacial score (nSPS) is 7.30. The average molecular weight is 151 g/mol. The van der Waals surface area contributed by atoms with E-state index in [1.807, 2.05) is 6.92 Å². The standard InChI is InChI=1S/C4H8O2.HNO3/c1-2-3-4(5)6;2-1(3)4/h2-3H2,1H3,(H,5,6);(H,2,3,4). The van der Waals surface area contributed by atoms with Gasteiger partial charge in [0.15, 0.2) is 0 Å². The topological polar surface area (TPSA) is 101 Å². The second-order valence-corrected chi connectivity index (χ2v) is 1.38. The Balaban J connectivity index is 0. The van der Waals surface area contributed by atoms with Crippen molar-refractivity contribution in [2.45, 2.75) is 19.8 Å². The van der Waals surface area contributed by atoms with Crippen LogP contribution in [-0.2, 0) is 4.79 Å². The smallest absolute Gasteiger partial charge is 0.303 e. The lowest BCUT2D eigenvalue weighted by molar-refractivity contribution is -0.742. The molecule has 10 heavy (non-hydrogen) atoms. The van der Waals surface area contributed by atoms with Crippen LogP contribution in [0.25, 0.3) is 0 Å². The minimum Gasteiger partial charge on any atom is -0.481 e. The van der Waals surface area contributed by atoms with Gasteiger partial charge in [-0.2, -0.15) is 0 Å². The molecule has 0 radical (unpaired) electrons. The molecule has 6 nitrogen and oxygen atoms in total. The van der Waals surface area contributed by atoms with Crippen LogP contribution in [-0.4, -0.2) is 21.4 Å². The van der Waals surface area contributed by atoms with Crippen molar-refractivity contribution >= 4 is 5.97 Å². The van der Waals surface area contributed by atoms with Gasteiger partial charge in [0.2, 0.25) is 0 Å². The Kier molecular flexibility index (Phi) is 8.79. The number of rotatable bonds is 2. The molecule has 0 saturated heterocycles. The van der Waals surface area contributed by atoms with Crippen molar-refractivity contribution in [1.29, 1.82) is 0 Å². The first-order valence-electron chi connectivity index (χ1n) is 2.55. The van der Waals surface area contributed by atoms with Crippen LogP contribution >= 0.6 is 0 Å². The molecule has 0 spiro atoms. The van der Waals surface area contributed by atoms with E-state index in [2.05, 4.69) is 0 Å². The van der Waals surface area contributed by atoms with Crippen LogP contribution in [0, 0.1) is 10.1 Å². The second-order valence-electron chi connectivity index (χ2n) is 1.38. The van der Waals surface area contributed by atoms with Gasteiger partial charge in [-0.3, -0.25) is 4.79 Å². The molecule has 60 valence electrons. The Labute approximate surface area is 57.2 Å². The van der Waals surface area contributed by atoms with Crippen molar-refractivity contribution in [2.75, 3.05) is 0 Å². The molecule has 0 fully saturated rings. The molecule has 0 bridgehead atoms. The Hall–Kier alpha value is -1.33. The summed E-state index contributed by atoms with van der Waals surface area (Å²) in [5.74, 6) is -0.711. The van der Waals surface area contributed by atoms with Gasteiger partial charge in [0.25, 0.3) is 5.09 Å². The molecular formula is C4H9NO5. The van der Waals surface area contributed by atoms with E-state index in [4.69, 9.17) is 20.4 Å². The van der Waals surface area contributed by atoms with Crippen molar-refractivity contribution in [3.63, 3.8) is 0 Å². The fraction of sp³-hybridized carbons (Fsp3) is 0.750. The first-order chi connectivity index (χ1) is 4.50. The molecule has 0 saturated carbocycles. The highest BCUT2D eigenvalue weighted by atomic mass is 16.9. The molecule has 0 heterocycles. The summed E-state index contributed by atoms with van der Waals surface area (Å²) >= 11 is 0. The lowest BCUT2D eigenvalue weighted by Gasteiger charge is -1.79. The maximum atomic E-state index is 9.60. The first-order valence-corrected chi connectivity index (χ1v) is 2.55. The number of hydrogen-bond acceptors (Lipinski definition) is 3. The predicted molar refractivity (Wildman–Crippen MR) is 31.3 cm³/mol. The van der Waals surface area contributed by atoms with Crippen molar-refractivity contribution < 1.29 is 20.2 Å². The summed E-state index contributed by atoms with van der Waals surface area (Å²) in [7, 11) is 0. The zero-order chi connectivity index (χ0) is 8.57. The number of aliphatic carboxylic acids is 1. The summed E-state index contributed by atoms with van der Waals surface area (Å²) in [6.07, 6.45) is 1.02. The summed E-state index contributed by atoms with van der Waals surface area (Å²) in [5, 5.41) is 21.6. The summed E-state index contributed by atoms with van der Waals surface area (Å²) in [6.45, 7) is 1.84. The molecule has 0 aliphatic carbocycles. The number of carboxylic acids is 1. The summed E-state index contributed by atoms with van der Waals surface area (Å²) in [6, 6.07) is 0. The van der Waals surface area contributed by atoms with E-state index < -0.39 is 11.1 Å². The van der Waals surface area contributed by atoms with E-state index in [0.29, 0.717) is 6.42 Å². The third-order valence-corrected chi connectivity index (χ3v) is 0.464. The lowest BCUT2D eigenvalue weighted by Crippen LogP contribution is -1.90. The Bertz CT molecular complexity index is 108. The highest BCUT2D eigenvalue weighted by molar-refractivity contribution is 5.66. The molecule has 0 aliphatic rings. The molecular weight excluding hydrogens is 142 g/mol. The zero-order valence-electron chi connectivity index (χ0n) is 5.48. The van der Waals surface area contributed by atoms with Crippen LogP contribution < -0.4 is 0 Å². The van der Waals surface area contributed by atoms with E-state index in [9.17, 15) is 4.79 Å². The molecule has 0 aromatic heterocycles. The Morgan fingerprint density at radius 3 is 2.00 bits per heavy atom. The van der Waals surface area contributed by atoms with Gasteiger partial charge in [-0.05, 0) is 6.42 Å². The van der Waals surface area contributed by atoms with Gasteiger partial charge in [-0.1, -0.05) is 6.92 Å². The minimum absolute atomic E-state index is 0.292. The molecule has 0 aromatic carbocycles. The predicted octanol–water partition coefficient (Wildman–Crippen LogP) is 0.523. The lowest BCUT2D eigenvalue weighted by atomic mass is 10.4. The highest BCUT2D eigenvalue weighted by Gasteiger charge is 1.87. The maximum absolute atomic E-state index is 9.60. The van der Waals surface area contributed by atoms with E-state index in [0.717, 1.165) is 6.42 Å². The number of nitrogens with zero attached hydrogens (tertiary/aromatic N) is 1. The number of hydrogen-bond donors (Lipinski definition) is 2. The fourth-order valence-electron chi connectivity index (χ4n) is 0.214. The van der Waals surface area contributed by atoms with E-state index in [-0.39, 0.29) is 0 Å². The average Bonchev–Trinajstić information content (AvgIpc) is 1.62. The Morgan fingerprint density at radius 2 is 2.00 bits per heavy atom. The van der Waals surface area contributed by atoms with Crippen LogP contribution in [0.3, 0.4) is 0 Å². The molecule has 0 unspecified atom stereocenters. The molecule has 0 rings (SSSR count). The molecule has 6 heteroatoms. The van der Waals surface area contributed by atoms with Gasteiger partial charge < -0.3 is 10.3 Å². The van der Waals surface area contributed by atoms with Crippen molar-refractivity contribution in [1.82, 2.24) is 0 Å². The van der Waals surface area contributed by atoms with E-state index in [1.54, 1.807) is 0 Å². The quantitative estimate of drug-likeness (QED) is 0.442. The molecule has 0 amide bonds. The minimum atomic E-state index is -1.50. The zero-order valence-corrected chi connectivity index (χ0v) is 5.48. The number of carboxylic acid groups (broad SMARTS) is 1. The van der Waals surface area contributed by atoms with Crippen LogP contribution in [0.15, 0.2) is 0 Å². The van der Waals surface area contributed by atoms with Crippen LogP contribution in [0.1, 0.15) is 19.8 Å². The van der Waals surface area contributed by atoms with E-state index in [1.165, 1.54) is 0 Å². The fourth-order valence-corrected chi connectivity index (χ4v) is 0.214. The molecule has 0 aliphatic heterocycles. The van der Waals surface area contributed by atoms with Crippen LogP contribution in [0.2, 0.25) is 0 Å². The van der Waals surface area contributed by atoms with Crippen LogP contribution in [0.5, 0.6) is 0 Å². The third-order valence-electron chi connectivity index (χ3n) is 0.464. The highest BCUT2D eigenvalue weighted by Crippen LogP contribution is 1.82. The van der Waals surface area contributed by atoms with Gasteiger partial charge in [0.1, 0.15) is 0 Å². The SMILES string of the molecule is CCCC(=O)O.O=[N+]([O-])O. The largest absolute Gasteiger partial charge is 0.481 e. The first kappa shape index (κ1) is 11.5. The number of carbonyl (C=O) groups is 1. The Morgan fingerprint density at radius 1 is 1.70 bits per heavy atom. The maximum Gasteiger partial charge on any atom is 0.303 e. The van der Waals surface area contributed by atoms with Gasteiger partial charge in [0.05, 0.1) is 0 Å². The van der Waals surface area contributed by atoms with Gasteiger partial charge in [-0.15, -0.1) is 10.1 Å². The van der Waals surface area contributed by atoms with Crippen LogP contribution in [0.4, 0.5) is 0 Å². The monoisotopic (exact) mass is 151 g/mol. The summed E-state index contributed by atoms with van der Waals surface area (Å²) in [5.41, 5.74) is 0. The molecule has 0 aromatic rings. The van der Waals surface area contributed by atoms with Gasteiger partial charge in [0, 0.05) is 6.42 Å². The summed E-state index contributed by atoms with van der Waals surface area (Å²) < 4.78 is 0. The van der Waals surface area contributed by atoms with Crippen molar-refractivity contribution in [3.05, 3.63) is 10.1 Å². The molecule has 2 N–H and O–H groups in total. The van der Waals surface area contributed by atoms with Crippen molar-refractivity contribution in [3.8, 4) is 0 Å². The second kappa shape index (κ2) is 7.67. The van der Waals surface area contributed by atoms with Gasteiger partial charge >= 0.3 is 5.97 Å².